The molecule has 0 aliphatic heterocycles. The first-order chi connectivity index (χ1) is 12.6. The van der Waals surface area contributed by atoms with Gasteiger partial charge in [-0.05, 0) is 54.3 Å². The second kappa shape index (κ2) is 8.04. The summed E-state index contributed by atoms with van der Waals surface area (Å²) in [6.45, 7) is 0.486. The van der Waals surface area contributed by atoms with Crippen LogP contribution < -0.4 is 9.47 Å². The van der Waals surface area contributed by atoms with Gasteiger partial charge in [0, 0.05) is 18.7 Å². The molecule has 4 nitrogen and oxygen atoms in total. The standard InChI is InChI=1S/C21H22FNO3/c1-25-19-11-5-15(13-20(19)26-2)6-12-21(24)23(18-9-10-18)14-16-3-7-17(22)8-4-16/h3-8,11-13,18H,9-10,14H2,1-2H3/b12-6+. The van der Waals surface area contributed by atoms with Gasteiger partial charge >= 0.3 is 0 Å². The van der Waals surface area contributed by atoms with Gasteiger partial charge in [0.2, 0.25) is 5.91 Å². The van der Waals surface area contributed by atoms with Gasteiger partial charge < -0.3 is 14.4 Å². The molecule has 0 spiro atoms. The number of rotatable bonds is 7. The van der Waals surface area contributed by atoms with Gasteiger partial charge in [0.05, 0.1) is 14.2 Å². The molecule has 1 aliphatic rings. The Morgan fingerprint density at radius 2 is 1.81 bits per heavy atom. The Hall–Kier alpha value is -2.82. The van der Waals surface area contributed by atoms with Crippen LogP contribution in [0.4, 0.5) is 4.39 Å². The molecule has 0 bridgehead atoms. The predicted octanol–water partition coefficient (Wildman–Crippen LogP) is 4.05. The Balaban J connectivity index is 1.71. The molecule has 5 heteroatoms. The van der Waals surface area contributed by atoms with Crippen LogP contribution in [-0.2, 0) is 11.3 Å². The van der Waals surface area contributed by atoms with E-state index in [4.69, 9.17) is 9.47 Å². The lowest BCUT2D eigenvalue weighted by atomic mass is 10.1. The van der Waals surface area contributed by atoms with Crippen LogP contribution in [0, 0.1) is 5.82 Å². The van der Waals surface area contributed by atoms with Crippen molar-refractivity contribution in [2.45, 2.75) is 25.4 Å². The van der Waals surface area contributed by atoms with E-state index in [9.17, 15) is 9.18 Å². The number of carbonyl (C=O) groups is 1. The molecule has 0 radical (unpaired) electrons. The molecule has 136 valence electrons. The second-order valence-corrected chi connectivity index (χ2v) is 6.27. The van der Waals surface area contributed by atoms with Crippen molar-refractivity contribution in [3.8, 4) is 11.5 Å². The fraction of sp³-hybridized carbons (Fsp3) is 0.286. The number of amides is 1. The largest absolute Gasteiger partial charge is 0.493 e. The van der Waals surface area contributed by atoms with Gasteiger partial charge in [-0.3, -0.25) is 4.79 Å². The van der Waals surface area contributed by atoms with E-state index in [0.29, 0.717) is 18.0 Å². The molecule has 0 aromatic heterocycles. The molecular formula is C21H22FNO3. The fourth-order valence-corrected chi connectivity index (χ4v) is 2.78. The summed E-state index contributed by atoms with van der Waals surface area (Å²) in [6, 6.07) is 12.0. The number of benzene rings is 2. The van der Waals surface area contributed by atoms with E-state index in [1.54, 1.807) is 44.6 Å². The van der Waals surface area contributed by atoms with Crippen molar-refractivity contribution >= 4 is 12.0 Å². The molecule has 0 unspecified atom stereocenters. The fourth-order valence-electron chi connectivity index (χ4n) is 2.78. The first-order valence-electron chi connectivity index (χ1n) is 8.56. The third-order valence-corrected chi connectivity index (χ3v) is 4.36. The van der Waals surface area contributed by atoms with Gasteiger partial charge in [0.1, 0.15) is 5.82 Å². The Labute approximate surface area is 152 Å². The van der Waals surface area contributed by atoms with Gasteiger partial charge in [-0.25, -0.2) is 4.39 Å². The van der Waals surface area contributed by atoms with Crippen LogP contribution in [0.25, 0.3) is 6.08 Å². The molecule has 0 heterocycles. The third kappa shape index (κ3) is 4.42. The maximum atomic E-state index is 13.1. The lowest BCUT2D eigenvalue weighted by Crippen LogP contribution is -2.31. The van der Waals surface area contributed by atoms with Crippen LogP contribution in [0.2, 0.25) is 0 Å². The first kappa shape index (κ1) is 18.0. The van der Waals surface area contributed by atoms with Gasteiger partial charge in [-0.1, -0.05) is 18.2 Å². The monoisotopic (exact) mass is 355 g/mol. The molecule has 3 rings (SSSR count). The van der Waals surface area contributed by atoms with Gasteiger partial charge in [0.25, 0.3) is 0 Å². The summed E-state index contributed by atoms with van der Waals surface area (Å²) in [4.78, 5) is 14.5. The smallest absolute Gasteiger partial charge is 0.247 e. The average Bonchev–Trinajstić information content (AvgIpc) is 3.50. The zero-order valence-electron chi connectivity index (χ0n) is 14.9. The molecule has 1 fully saturated rings. The van der Waals surface area contributed by atoms with E-state index in [2.05, 4.69) is 0 Å². The molecule has 0 saturated heterocycles. The maximum Gasteiger partial charge on any atom is 0.247 e. The number of hydrogen-bond acceptors (Lipinski definition) is 3. The molecule has 1 saturated carbocycles. The van der Waals surface area contributed by atoms with Crippen LogP contribution in [0.15, 0.2) is 48.5 Å². The lowest BCUT2D eigenvalue weighted by Gasteiger charge is -2.21. The zero-order chi connectivity index (χ0) is 18.5. The molecule has 1 aliphatic carbocycles. The molecule has 26 heavy (non-hydrogen) atoms. The van der Waals surface area contributed by atoms with Gasteiger partial charge in [0.15, 0.2) is 11.5 Å². The Morgan fingerprint density at radius 3 is 2.42 bits per heavy atom. The first-order valence-corrected chi connectivity index (χ1v) is 8.56. The normalized spacial score (nSPS) is 13.7. The van der Waals surface area contributed by atoms with Crippen molar-refractivity contribution in [2.75, 3.05) is 14.2 Å². The summed E-state index contributed by atoms with van der Waals surface area (Å²) in [6.07, 6.45) is 5.36. The quantitative estimate of drug-likeness (QED) is 0.704. The minimum absolute atomic E-state index is 0.0494. The second-order valence-electron chi connectivity index (χ2n) is 6.27. The Kier molecular flexibility index (Phi) is 5.56. The van der Waals surface area contributed by atoms with Crippen LogP contribution in [0.5, 0.6) is 11.5 Å². The van der Waals surface area contributed by atoms with E-state index in [1.165, 1.54) is 12.1 Å². The van der Waals surface area contributed by atoms with Crippen molar-refractivity contribution in [3.05, 3.63) is 65.5 Å². The number of nitrogens with zero attached hydrogens (tertiary/aromatic N) is 1. The van der Waals surface area contributed by atoms with E-state index < -0.39 is 0 Å². The molecule has 0 N–H and O–H groups in total. The minimum atomic E-state index is -0.272. The van der Waals surface area contributed by atoms with E-state index in [0.717, 1.165) is 24.0 Å². The van der Waals surface area contributed by atoms with Crippen molar-refractivity contribution in [1.82, 2.24) is 4.90 Å². The zero-order valence-corrected chi connectivity index (χ0v) is 14.9. The van der Waals surface area contributed by atoms with Crippen LogP contribution in [0.1, 0.15) is 24.0 Å². The number of carbonyl (C=O) groups excluding carboxylic acids is 1. The lowest BCUT2D eigenvalue weighted by molar-refractivity contribution is -0.127. The highest BCUT2D eigenvalue weighted by molar-refractivity contribution is 5.92. The topological polar surface area (TPSA) is 38.8 Å². The molecule has 2 aromatic carbocycles. The molecule has 1 amide bonds. The van der Waals surface area contributed by atoms with Crippen molar-refractivity contribution in [3.63, 3.8) is 0 Å². The average molecular weight is 355 g/mol. The summed E-state index contributed by atoms with van der Waals surface area (Å²) in [5.41, 5.74) is 1.78. The third-order valence-electron chi connectivity index (χ3n) is 4.36. The molecule has 0 atom stereocenters. The summed E-state index contributed by atoms with van der Waals surface area (Å²) >= 11 is 0. The number of methoxy groups -OCH3 is 2. The Morgan fingerprint density at radius 1 is 1.12 bits per heavy atom. The summed E-state index contributed by atoms with van der Waals surface area (Å²) in [5.74, 6) is 0.942. The number of hydrogen-bond donors (Lipinski definition) is 0. The van der Waals surface area contributed by atoms with Crippen molar-refractivity contribution in [2.24, 2.45) is 0 Å². The van der Waals surface area contributed by atoms with Crippen molar-refractivity contribution in [1.29, 1.82) is 0 Å². The number of halogens is 1. The highest BCUT2D eigenvalue weighted by Crippen LogP contribution is 2.30. The van der Waals surface area contributed by atoms with E-state index >= 15 is 0 Å². The molecular weight excluding hydrogens is 333 g/mol. The SMILES string of the molecule is COc1ccc(/C=C/C(=O)N(Cc2ccc(F)cc2)C2CC2)cc1OC. The van der Waals surface area contributed by atoms with Gasteiger partial charge in [-0.2, -0.15) is 0 Å². The highest BCUT2D eigenvalue weighted by Gasteiger charge is 2.31. The van der Waals surface area contributed by atoms with Crippen molar-refractivity contribution < 1.29 is 18.7 Å². The predicted molar refractivity (Wildman–Crippen MR) is 98.6 cm³/mol. The summed E-state index contributed by atoms with van der Waals surface area (Å²) in [7, 11) is 3.16. The summed E-state index contributed by atoms with van der Waals surface area (Å²) < 4.78 is 23.6. The highest BCUT2D eigenvalue weighted by atomic mass is 19.1. The van der Waals surface area contributed by atoms with E-state index in [-0.39, 0.29) is 17.8 Å². The van der Waals surface area contributed by atoms with Gasteiger partial charge in [-0.15, -0.1) is 0 Å². The van der Waals surface area contributed by atoms with Crippen LogP contribution >= 0.6 is 0 Å². The maximum absolute atomic E-state index is 13.1. The van der Waals surface area contributed by atoms with Crippen LogP contribution in [0.3, 0.4) is 0 Å². The molecule has 2 aromatic rings. The minimum Gasteiger partial charge on any atom is -0.493 e. The van der Waals surface area contributed by atoms with Crippen LogP contribution in [-0.4, -0.2) is 31.1 Å². The number of ether oxygens (including phenoxy) is 2. The van der Waals surface area contributed by atoms with E-state index in [1.807, 2.05) is 17.0 Å². The Bertz CT molecular complexity index is 797. The summed E-state index contributed by atoms with van der Waals surface area (Å²) in [5, 5.41) is 0.